The molecule has 0 radical (unpaired) electrons. The van der Waals surface area contributed by atoms with E-state index in [0.717, 1.165) is 5.25 Å². The Morgan fingerprint density at radius 3 is 3.00 bits per heavy atom. The summed E-state index contributed by atoms with van der Waals surface area (Å²) >= 11 is 6.99. The zero-order chi connectivity index (χ0) is 6.69. The highest BCUT2D eigenvalue weighted by atomic mass is 32.2. The molecule has 0 aliphatic carbocycles. The van der Waals surface area contributed by atoms with Crippen LogP contribution in [0.2, 0.25) is 0 Å². The Labute approximate surface area is 66.4 Å². The van der Waals surface area contributed by atoms with Gasteiger partial charge in [0.1, 0.15) is 0 Å². The first-order valence-electron chi connectivity index (χ1n) is 3.52. The molecule has 1 aliphatic heterocycles. The maximum atomic E-state index is 5.07. The Bertz CT molecular complexity index is 109. The van der Waals surface area contributed by atoms with Gasteiger partial charge in [-0.2, -0.15) is 0 Å². The molecule has 0 aromatic rings. The predicted molar refractivity (Wildman–Crippen MR) is 48.1 cm³/mol. The Balaban J connectivity index is 2.22. The van der Waals surface area contributed by atoms with E-state index in [4.69, 9.17) is 12.2 Å². The van der Waals surface area contributed by atoms with Gasteiger partial charge in [-0.15, -0.1) is 11.8 Å². The second-order valence-corrected chi connectivity index (χ2v) is 4.59. The van der Waals surface area contributed by atoms with Crippen molar-refractivity contribution in [2.45, 2.75) is 37.9 Å². The molecule has 0 aromatic carbocycles. The summed E-state index contributed by atoms with van der Waals surface area (Å²) in [5.41, 5.74) is 0. The average Bonchev–Trinajstić information content (AvgIpc) is 2.17. The van der Waals surface area contributed by atoms with Gasteiger partial charge >= 0.3 is 0 Å². The van der Waals surface area contributed by atoms with Crippen LogP contribution in [0.5, 0.6) is 0 Å². The van der Waals surface area contributed by atoms with Gasteiger partial charge in [-0.1, -0.05) is 25.6 Å². The molecule has 1 aliphatic rings. The van der Waals surface area contributed by atoms with Gasteiger partial charge in [-0.3, -0.25) is 0 Å². The first-order valence-corrected chi connectivity index (χ1v) is 4.81. The fourth-order valence-corrected chi connectivity index (χ4v) is 2.83. The lowest BCUT2D eigenvalue weighted by atomic mass is 10.2. The fourth-order valence-electron chi connectivity index (χ4n) is 1.11. The molecule has 0 N–H and O–H groups in total. The maximum Gasteiger partial charge on any atom is 0.0481 e. The number of rotatable bonds is 2. The van der Waals surface area contributed by atoms with Crippen LogP contribution >= 0.6 is 24.0 Å². The van der Waals surface area contributed by atoms with Gasteiger partial charge in [-0.05, 0) is 19.3 Å². The van der Waals surface area contributed by atoms with Crippen molar-refractivity contribution in [1.82, 2.24) is 0 Å². The van der Waals surface area contributed by atoms with Crippen molar-refractivity contribution >= 4 is 28.2 Å². The second-order valence-electron chi connectivity index (χ2n) is 2.44. The van der Waals surface area contributed by atoms with E-state index in [0.29, 0.717) is 0 Å². The van der Waals surface area contributed by atoms with Crippen LogP contribution in [0.1, 0.15) is 32.6 Å². The van der Waals surface area contributed by atoms with Crippen molar-refractivity contribution in [2.75, 3.05) is 0 Å². The van der Waals surface area contributed by atoms with Gasteiger partial charge < -0.3 is 0 Å². The molecule has 1 saturated heterocycles. The molecule has 1 rings (SSSR count). The summed E-state index contributed by atoms with van der Waals surface area (Å²) in [4.78, 5) is 0. The van der Waals surface area contributed by atoms with E-state index in [2.05, 4.69) is 6.92 Å². The molecule has 0 spiro atoms. The standard InChI is InChI=1S/C7H12S2/c1-2-3-6-4-5-7(8)9-6/h6H,2-5H2,1H3. The van der Waals surface area contributed by atoms with E-state index in [9.17, 15) is 0 Å². The molecule has 1 heterocycles. The van der Waals surface area contributed by atoms with Gasteiger partial charge in [0.05, 0.1) is 0 Å². The summed E-state index contributed by atoms with van der Waals surface area (Å²) in [6.07, 6.45) is 5.17. The average molecular weight is 160 g/mol. The molecule has 0 bridgehead atoms. The summed E-state index contributed by atoms with van der Waals surface area (Å²) in [5.74, 6) is 0. The highest BCUT2D eigenvalue weighted by Gasteiger charge is 2.18. The molecule has 1 atom stereocenters. The molecule has 1 fully saturated rings. The summed E-state index contributed by atoms with van der Waals surface area (Å²) in [5, 5.41) is 0.863. The van der Waals surface area contributed by atoms with Gasteiger partial charge in [-0.25, -0.2) is 0 Å². The van der Waals surface area contributed by atoms with Crippen molar-refractivity contribution in [1.29, 1.82) is 0 Å². The van der Waals surface area contributed by atoms with E-state index in [-0.39, 0.29) is 0 Å². The van der Waals surface area contributed by atoms with Crippen LogP contribution < -0.4 is 0 Å². The maximum absolute atomic E-state index is 5.07. The summed E-state index contributed by atoms with van der Waals surface area (Å²) in [6.45, 7) is 2.24. The second kappa shape index (κ2) is 3.57. The van der Waals surface area contributed by atoms with E-state index in [1.54, 1.807) is 0 Å². The van der Waals surface area contributed by atoms with Crippen LogP contribution in [0.4, 0.5) is 0 Å². The highest BCUT2D eigenvalue weighted by molar-refractivity contribution is 8.23. The van der Waals surface area contributed by atoms with Crippen LogP contribution in [0.3, 0.4) is 0 Å². The monoisotopic (exact) mass is 160 g/mol. The van der Waals surface area contributed by atoms with Gasteiger partial charge in [0.25, 0.3) is 0 Å². The quantitative estimate of drug-likeness (QED) is 0.570. The van der Waals surface area contributed by atoms with Crippen LogP contribution in [0.25, 0.3) is 0 Å². The summed E-state index contributed by atoms with van der Waals surface area (Å²) in [7, 11) is 0. The molecule has 1 unspecified atom stereocenters. The SMILES string of the molecule is CCCC1CCC(=S)S1. The third-order valence-electron chi connectivity index (χ3n) is 1.58. The van der Waals surface area contributed by atoms with Crippen LogP contribution in [-0.2, 0) is 0 Å². The minimum absolute atomic E-state index is 0.863. The van der Waals surface area contributed by atoms with Gasteiger partial charge in [0, 0.05) is 9.45 Å². The fraction of sp³-hybridized carbons (Fsp3) is 0.857. The molecule has 9 heavy (non-hydrogen) atoms. The smallest absolute Gasteiger partial charge is 0.0481 e. The van der Waals surface area contributed by atoms with E-state index >= 15 is 0 Å². The molecular formula is C7H12S2. The summed E-state index contributed by atoms with van der Waals surface area (Å²) < 4.78 is 1.23. The Morgan fingerprint density at radius 2 is 2.56 bits per heavy atom. The van der Waals surface area contributed by atoms with Crippen molar-refractivity contribution < 1.29 is 0 Å². The van der Waals surface area contributed by atoms with E-state index < -0.39 is 0 Å². The Morgan fingerprint density at radius 1 is 1.78 bits per heavy atom. The number of thioether (sulfide) groups is 1. The molecule has 0 amide bonds. The number of hydrogen-bond acceptors (Lipinski definition) is 2. The van der Waals surface area contributed by atoms with Crippen LogP contribution in [-0.4, -0.2) is 9.45 Å². The Hall–Kier alpha value is 0.440. The molecule has 0 saturated carbocycles. The number of hydrogen-bond donors (Lipinski definition) is 0. The largest absolute Gasteiger partial charge is 0.116 e. The third-order valence-corrected chi connectivity index (χ3v) is 3.34. The summed E-state index contributed by atoms with van der Waals surface area (Å²) in [6, 6.07) is 0. The van der Waals surface area contributed by atoms with Crippen molar-refractivity contribution in [3.8, 4) is 0 Å². The van der Waals surface area contributed by atoms with Crippen molar-refractivity contribution in [3.63, 3.8) is 0 Å². The molecular weight excluding hydrogens is 148 g/mol. The molecule has 52 valence electrons. The predicted octanol–water partition coefficient (Wildman–Crippen LogP) is 3.01. The third kappa shape index (κ3) is 2.26. The first-order chi connectivity index (χ1) is 4.33. The topological polar surface area (TPSA) is 0 Å². The minimum atomic E-state index is 0.863. The van der Waals surface area contributed by atoms with E-state index in [1.165, 1.54) is 29.9 Å². The minimum Gasteiger partial charge on any atom is -0.116 e. The molecule has 2 heteroatoms. The first kappa shape index (κ1) is 7.55. The van der Waals surface area contributed by atoms with Gasteiger partial charge in [0.2, 0.25) is 0 Å². The highest BCUT2D eigenvalue weighted by Crippen LogP contribution is 2.31. The lowest BCUT2D eigenvalue weighted by molar-refractivity contribution is 0.716. The Kier molecular flexibility index (Phi) is 2.99. The van der Waals surface area contributed by atoms with Crippen molar-refractivity contribution in [2.24, 2.45) is 0 Å². The van der Waals surface area contributed by atoms with E-state index in [1.807, 2.05) is 11.8 Å². The normalized spacial score (nSPS) is 27.2. The van der Waals surface area contributed by atoms with Crippen molar-refractivity contribution in [3.05, 3.63) is 0 Å². The van der Waals surface area contributed by atoms with Crippen LogP contribution in [0, 0.1) is 0 Å². The molecule has 0 aromatic heterocycles. The van der Waals surface area contributed by atoms with Crippen LogP contribution in [0.15, 0.2) is 0 Å². The zero-order valence-corrected chi connectivity index (χ0v) is 7.36. The van der Waals surface area contributed by atoms with Gasteiger partial charge in [0.15, 0.2) is 0 Å². The lowest BCUT2D eigenvalue weighted by Crippen LogP contribution is -1.93. The molecule has 0 nitrogen and oxygen atoms in total. The zero-order valence-electron chi connectivity index (χ0n) is 5.72. The lowest BCUT2D eigenvalue weighted by Gasteiger charge is -2.02. The number of thiocarbonyl (C=S) groups is 1.